The molecule has 2 aromatic rings. The summed E-state index contributed by atoms with van der Waals surface area (Å²) >= 11 is 0. The van der Waals surface area contributed by atoms with Gasteiger partial charge in [0, 0.05) is 25.2 Å². The second-order valence-electron chi connectivity index (χ2n) is 6.41. The molecule has 1 aromatic heterocycles. The van der Waals surface area contributed by atoms with E-state index in [0.717, 1.165) is 17.8 Å². The SMILES string of the molecule is CCNC(=NCCOCCS(C)(=O)=O)NC(C)c1cccc(-n2cccn2)c1. The maximum atomic E-state index is 11.1. The van der Waals surface area contributed by atoms with E-state index in [4.69, 9.17) is 4.74 Å². The van der Waals surface area contributed by atoms with Crippen molar-refractivity contribution in [1.82, 2.24) is 20.4 Å². The summed E-state index contributed by atoms with van der Waals surface area (Å²) in [7, 11) is -2.99. The molecule has 0 saturated heterocycles. The molecule has 0 saturated carbocycles. The Hall–Kier alpha value is -2.39. The van der Waals surface area contributed by atoms with Gasteiger partial charge in [0.15, 0.2) is 5.96 Å². The smallest absolute Gasteiger partial charge is 0.191 e. The molecule has 1 atom stereocenters. The first-order valence-electron chi connectivity index (χ1n) is 9.29. The van der Waals surface area contributed by atoms with E-state index in [1.165, 1.54) is 6.26 Å². The molecule has 2 rings (SSSR count). The van der Waals surface area contributed by atoms with Gasteiger partial charge >= 0.3 is 0 Å². The molecule has 2 N–H and O–H groups in total. The van der Waals surface area contributed by atoms with Crippen molar-refractivity contribution in [2.75, 3.05) is 38.3 Å². The topological polar surface area (TPSA) is 97.6 Å². The predicted octanol–water partition coefficient (Wildman–Crippen LogP) is 1.55. The molecule has 1 aromatic carbocycles. The lowest BCUT2D eigenvalue weighted by atomic mass is 10.1. The third-order valence-corrected chi connectivity index (χ3v) is 4.85. The Morgan fingerprint density at radius 3 is 2.82 bits per heavy atom. The Balaban J connectivity index is 1.91. The molecule has 0 spiro atoms. The second kappa shape index (κ2) is 10.8. The molecule has 0 amide bonds. The molecule has 1 unspecified atom stereocenters. The van der Waals surface area contributed by atoms with Gasteiger partial charge in [-0.3, -0.25) is 4.99 Å². The van der Waals surface area contributed by atoms with E-state index in [9.17, 15) is 8.42 Å². The number of aromatic nitrogens is 2. The minimum absolute atomic E-state index is 0.0264. The van der Waals surface area contributed by atoms with Crippen molar-refractivity contribution in [3.63, 3.8) is 0 Å². The summed E-state index contributed by atoms with van der Waals surface area (Å²) < 4.78 is 29.3. The second-order valence-corrected chi connectivity index (χ2v) is 8.67. The maximum absolute atomic E-state index is 11.1. The predicted molar refractivity (Wildman–Crippen MR) is 112 cm³/mol. The average Bonchev–Trinajstić information content (AvgIpc) is 3.18. The number of guanidine groups is 1. The number of nitrogens with zero attached hydrogens (tertiary/aromatic N) is 3. The normalized spacial score (nSPS) is 13.3. The van der Waals surface area contributed by atoms with Crippen LogP contribution >= 0.6 is 0 Å². The molecule has 0 bridgehead atoms. The minimum atomic E-state index is -2.99. The van der Waals surface area contributed by atoms with E-state index >= 15 is 0 Å². The average molecular weight is 408 g/mol. The van der Waals surface area contributed by atoms with Crippen LogP contribution in [0.5, 0.6) is 0 Å². The van der Waals surface area contributed by atoms with E-state index < -0.39 is 9.84 Å². The zero-order valence-electron chi connectivity index (χ0n) is 16.6. The van der Waals surface area contributed by atoms with Crippen molar-refractivity contribution in [3.05, 3.63) is 48.3 Å². The largest absolute Gasteiger partial charge is 0.378 e. The molecule has 1 heterocycles. The van der Waals surface area contributed by atoms with Crippen LogP contribution < -0.4 is 10.6 Å². The van der Waals surface area contributed by atoms with Crippen molar-refractivity contribution in [3.8, 4) is 5.69 Å². The number of benzene rings is 1. The fourth-order valence-electron chi connectivity index (χ4n) is 2.50. The number of ether oxygens (including phenoxy) is 1. The maximum Gasteiger partial charge on any atom is 0.191 e. The molecule has 0 radical (unpaired) electrons. The van der Waals surface area contributed by atoms with Gasteiger partial charge in [0.25, 0.3) is 0 Å². The molecule has 0 fully saturated rings. The van der Waals surface area contributed by atoms with Crippen molar-refractivity contribution >= 4 is 15.8 Å². The molecular weight excluding hydrogens is 378 g/mol. The highest BCUT2D eigenvalue weighted by Crippen LogP contribution is 2.16. The Kier molecular flexibility index (Phi) is 8.46. The van der Waals surface area contributed by atoms with Crippen LogP contribution in [0.3, 0.4) is 0 Å². The summed E-state index contributed by atoms with van der Waals surface area (Å²) in [6.07, 6.45) is 4.86. The molecular formula is C19H29N5O3S. The van der Waals surface area contributed by atoms with Gasteiger partial charge < -0.3 is 15.4 Å². The molecule has 9 heteroatoms. The highest BCUT2D eigenvalue weighted by molar-refractivity contribution is 7.90. The van der Waals surface area contributed by atoms with Gasteiger partial charge in [0.2, 0.25) is 0 Å². The van der Waals surface area contributed by atoms with Crippen molar-refractivity contribution in [1.29, 1.82) is 0 Å². The Morgan fingerprint density at radius 2 is 2.14 bits per heavy atom. The number of aliphatic imine (C=N–C) groups is 1. The minimum Gasteiger partial charge on any atom is -0.378 e. The van der Waals surface area contributed by atoms with E-state index in [0.29, 0.717) is 19.1 Å². The van der Waals surface area contributed by atoms with Crippen molar-refractivity contribution in [2.45, 2.75) is 19.9 Å². The monoisotopic (exact) mass is 407 g/mol. The third kappa shape index (κ3) is 7.69. The summed E-state index contributed by atoms with van der Waals surface area (Å²) in [5.41, 5.74) is 2.11. The van der Waals surface area contributed by atoms with Crippen LogP contribution in [0.25, 0.3) is 5.69 Å². The van der Waals surface area contributed by atoms with Gasteiger partial charge in [-0.05, 0) is 37.6 Å². The van der Waals surface area contributed by atoms with Crippen LogP contribution in [-0.4, -0.2) is 62.5 Å². The lowest BCUT2D eigenvalue weighted by molar-refractivity contribution is 0.157. The van der Waals surface area contributed by atoms with Crippen LogP contribution in [-0.2, 0) is 14.6 Å². The van der Waals surface area contributed by atoms with Crippen LogP contribution in [0.15, 0.2) is 47.7 Å². The van der Waals surface area contributed by atoms with Crippen LogP contribution in [0.1, 0.15) is 25.5 Å². The van der Waals surface area contributed by atoms with Gasteiger partial charge in [-0.2, -0.15) is 5.10 Å². The van der Waals surface area contributed by atoms with Gasteiger partial charge in [0.1, 0.15) is 9.84 Å². The van der Waals surface area contributed by atoms with Gasteiger partial charge in [-0.1, -0.05) is 12.1 Å². The first-order chi connectivity index (χ1) is 13.4. The lowest BCUT2D eigenvalue weighted by Gasteiger charge is -2.19. The summed E-state index contributed by atoms with van der Waals surface area (Å²) in [4.78, 5) is 4.49. The zero-order chi connectivity index (χ0) is 20.4. The highest BCUT2D eigenvalue weighted by Gasteiger charge is 2.09. The van der Waals surface area contributed by atoms with Gasteiger partial charge in [-0.25, -0.2) is 13.1 Å². The summed E-state index contributed by atoms with van der Waals surface area (Å²) in [6, 6.07) is 10.1. The molecule has 28 heavy (non-hydrogen) atoms. The van der Waals surface area contributed by atoms with Crippen molar-refractivity contribution in [2.24, 2.45) is 4.99 Å². The number of hydrogen-bond acceptors (Lipinski definition) is 5. The Labute approximate surface area is 166 Å². The standard InChI is InChI=1S/C19H29N5O3S/c1-4-20-19(21-10-12-27-13-14-28(3,25)26)23-16(2)17-7-5-8-18(15-17)24-11-6-9-22-24/h5-9,11,15-16H,4,10,12-14H2,1-3H3,(H2,20,21,23). The first-order valence-corrected chi connectivity index (χ1v) is 11.4. The molecule has 8 nitrogen and oxygen atoms in total. The van der Waals surface area contributed by atoms with E-state index in [-0.39, 0.29) is 18.4 Å². The first kappa shape index (κ1) is 21.9. The summed E-state index contributed by atoms with van der Waals surface area (Å²) in [5.74, 6) is 0.713. The van der Waals surface area contributed by atoms with E-state index in [2.05, 4.69) is 39.8 Å². The fraction of sp³-hybridized carbons (Fsp3) is 0.474. The van der Waals surface area contributed by atoms with E-state index in [1.807, 2.05) is 36.0 Å². The zero-order valence-corrected chi connectivity index (χ0v) is 17.4. The van der Waals surface area contributed by atoms with E-state index in [1.54, 1.807) is 6.20 Å². The van der Waals surface area contributed by atoms with Crippen molar-refractivity contribution < 1.29 is 13.2 Å². The molecule has 0 aliphatic rings. The number of sulfone groups is 1. The summed E-state index contributed by atoms with van der Waals surface area (Å²) in [5, 5.41) is 10.9. The van der Waals surface area contributed by atoms with Crippen LogP contribution in [0.4, 0.5) is 0 Å². The third-order valence-electron chi connectivity index (χ3n) is 3.94. The molecule has 0 aliphatic carbocycles. The summed E-state index contributed by atoms with van der Waals surface area (Å²) in [6.45, 7) is 5.81. The van der Waals surface area contributed by atoms with Crippen LogP contribution in [0, 0.1) is 0 Å². The highest BCUT2D eigenvalue weighted by atomic mass is 32.2. The molecule has 154 valence electrons. The fourth-order valence-corrected chi connectivity index (χ4v) is 2.92. The number of nitrogens with one attached hydrogen (secondary N) is 2. The van der Waals surface area contributed by atoms with Crippen LogP contribution in [0.2, 0.25) is 0 Å². The molecule has 0 aliphatic heterocycles. The van der Waals surface area contributed by atoms with Gasteiger partial charge in [0.05, 0.1) is 37.2 Å². The van der Waals surface area contributed by atoms with Gasteiger partial charge in [-0.15, -0.1) is 0 Å². The number of hydrogen-bond donors (Lipinski definition) is 2. The Bertz CT molecular complexity index is 850. The lowest BCUT2D eigenvalue weighted by Crippen LogP contribution is -2.39. The number of rotatable bonds is 10. The quantitative estimate of drug-likeness (QED) is 0.352. The Morgan fingerprint density at radius 1 is 1.32 bits per heavy atom.